The fraction of sp³-hybridized carbons (Fsp3) is 0.417. The number of primary sulfonamides is 1. The summed E-state index contributed by atoms with van der Waals surface area (Å²) in [4.78, 5) is 11.6. The van der Waals surface area contributed by atoms with Crippen LogP contribution < -0.4 is 9.88 Å². The second kappa shape index (κ2) is 5.18. The quantitative estimate of drug-likeness (QED) is 0.834. The summed E-state index contributed by atoms with van der Waals surface area (Å²) in [5, 5.41) is 5.08. The zero-order valence-electron chi connectivity index (χ0n) is 10.5. The Labute approximate surface area is 111 Å². The van der Waals surface area contributed by atoms with Gasteiger partial charge in [-0.05, 0) is 37.5 Å². The molecule has 0 aromatic heterocycles. The summed E-state index contributed by atoms with van der Waals surface area (Å²) in [6.07, 6.45) is 2.68. The van der Waals surface area contributed by atoms with Gasteiger partial charge in [-0.1, -0.05) is 0 Å². The number of esters is 1. The molecule has 2 N–H and O–H groups in total. The molecule has 7 heteroatoms. The highest BCUT2D eigenvalue weighted by Gasteiger charge is 2.24. The van der Waals surface area contributed by atoms with Gasteiger partial charge in [0.05, 0.1) is 12.7 Å². The lowest BCUT2D eigenvalue weighted by molar-refractivity contribution is 0.00898. The van der Waals surface area contributed by atoms with Gasteiger partial charge >= 0.3 is 5.97 Å². The number of nitrogens with two attached hydrogens (primary N) is 1. The first-order valence-electron chi connectivity index (χ1n) is 5.83. The Bertz CT molecular complexity index is 592. The van der Waals surface area contributed by atoms with Crippen molar-refractivity contribution in [2.24, 2.45) is 5.14 Å². The van der Waals surface area contributed by atoms with Crippen LogP contribution >= 0.6 is 0 Å². The van der Waals surface area contributed by atoms with E-state index in [9.17, 15) is 13.2 Å². The van der Waals surface area contributed by atoms with Crippen LogP contribution in [-0.4, -0.2) is 27.6 Å². The molecule has 0 radical (unpaired) electrons. The SMILES string of the molecule is COc1ccc(C(=O)OC2CCC2)cc1S(N)(=O)=O. The fourth-order valence-corrected chi connectivity index (χ4v) is 2.46. The van der Waals surface area contributed by atoms with Crippen molar-refractivity contribution in [3.8, 4) is 5.75 Å². The van der Waals surface area contributed by atoms with Crippen LogP contribution in [-0.2, 0) is 14.8 Å². The van der Waals surface area contributed by atoms with Crippen LogP contribution in [0.4, 0.5) is 0 Å². The minimum absolute atomic E-state index is 0.0625. The Morgan fingerprint density at radius 3 is 2.53 bits per heavy atom. The van der Waals surface area contributed by atoms with Gasteiger partial charge in [0.25, 0.3) is 0 Å². The molecule has 0 heterocycles. The highest BCUT2D eigenvalue weighted by atomic mass is 32.2. The van der Waals surface area contributed by atoms with Crippen molar-refractivity contribution in [1.82, 2.24) is 0 Å². The largest absolute Gasteiger partial charge is 0.495 e. The summed E-state index contributed by atoms with van der Waals surface area (Å²) in [5.74, 6) is -0.444. The highest BCUT2D eigenvalue weighted by Crippen LogP contribution is 2.26. The summed E-state index contributed by atoms with van der Waals surface area (Å²) in [6.45, 7) is 0. The lowest BCUT2D eigenvalue weighted by Gasteiger charge is -2.25. The van der Waals surface area contributed by atoms with Gasteiger partial charge in [0.2, 0.25) is 10.0 Å². The van der Waals surface area contributed by atoms with Crippen LogP contribution in [0, 0.1) is 0 Å². The van der Waals surface area contributed by atoms with Crippen LogP contribution in [0.15, 0.2) is 23.1 Å². The summed E-state index contributed by atoms with van der Waals surface area (Å²) in [7, 11) is -2.62. The molecule has 1 aliphatic rings. The minimum atomic E-state index is -3.95. The normalized spacial score (nSPS) is 15.7. The molecule has 0 saturated heterocycles. The number of hydrogen-bond donors (Lipinski definition) is 1. The van der Waals surface area contributed by atoms with Crippen molar-refractivity contribution >= 4 is 16.0 Å². The maximum absolute atomic E-state index is 11.8. The number of carbonyl (C=O) groups excluding carboxylic acids is 1. The van der Waals surface area contributed by atoms with Gasteiger partial charge in [0.1, 0.15) is 16.7 Å². The van der Waals surface area contributed by atoms with E-state index < -0.39 is 16.0 Å². The van der Waals surface area contributed by atoms with Crippen LogP contribution in [0.1, 0.15) is 29.6 Å². The summed E-state index contributed by atoms with van der Waals surface area (Å²) >= 11 is 0. The van der Waals surface area contributed by atoms with E-state index in [-0.39, 0.29) is 22.3 Å². The van der Waals surface area contributed by atoms with Crippen molar-refractivity contribution in [3.63, 3.8) is 0 Å². The molecule has 0 bridgehead atoms. The first-order valence-corrected chi connectivity index (χ1v) is 7.38. The second-order valence-electron chi connectivity index (χ2n) is 4.37. The van der Waals surface area contributed by atoms with Gasteiger partial charge < -0.3 is 9.47 Å². The van der Waals surface area contributed by atoms with E-state index in [1.807, 2.05) is 0 Å². The molecule has 19 heavy (non-hydrogen) atoms. The predicted molar refractivity (Wildman–Crippen MR) is 67.4 cm³/mol. The van der Waals surface area contributed by atoms with Crippen LogP contribution in [0.2, 0.25) is 0 Å². The summed E-state index contributed by atoms with van der Waals surface area (Å²) < 4.78 is 33.0. The highest BCUT2D eigenvalue weighted by molar-refractivity contribution is 7.89. The standard InChI is InChI=1S/C12H15NO5S/c1-17-10-6-5-8(7-11(10)19(13,15)16)12(14)18-9-3-2-4-9/h5-7,9H,2-4H2,1H3,(H2,13,15,16). The van der Waals surface area contributed by atoms with Gasteiger partial charge in [-0.25, -0.2) is 18.4 Å². The third kappa shape index (κ3) is 3.05. The number of ether oxygens (including phenoxy) is 2. The molecule has 0 atom stereocenters. The van der Waals surface area contributed by atoms with E-state index in [1.54, 1.807) is 0 Å². The van der Waals surface area contributed by atoms with Crippen LogP contribution in [0.3, 0.4) is 0 Å². The molecule has 1 aromatic rings. The molecular weight excluding hydrogens is 270 g/mol. The molecule has 1 aliphatic carbocycles. The number of rotatable bonds is 4. The van der Waals surface area contributed by atoms with Crippen molar-refractivity contribution < 1.29 is 22.7 Å². The molecular formula is C12H15NO5S. The summed E-state index contributed by atoms with van der Waals surface area (Å²) in [5.41, 5.74) is 0.150. The third-order valence-electron chi connectivity index (χ3n) is 3.03. The molecule has 1 fully saturated rings. The lowest BCUT2D eigenvalue weighted by Crippen LogP contribution is -2.25. The Morgan fingerprint density at radius 2 is 2.05 bits per heavy atom. The molecule has 2 rings (SSSR count). The maximum atomic E-state index is 11.8. The van der Waals surface area contributed by atoms with Crippen molar-refractivity contribution in [3.05, 3.63) is 23.8 Å². The van der Waals surface area contributed by atoms with E-state index in [1.165, 1.54) is 25.3 Å². The average molecular weight is 285 g/mol. The minimum Gasteiger partial charge on any atom is -0.495 e. The monoisotopic (exact) mass is 285 g/mol. The Morgan fingerprint density at radius 1 is 1.37 bits per heavy atom. The molecule has 0 spiro atoms. The molecule has 1 saturated carbocycles. The second-order valence-corrected chi connectivity index (χ2v) is 5.90. The zero-order chi connectivity index (χ0) is 14.0. The van der Waals surface area contributed by atoms with Crippen molar-refractivity contribution in [2.45, 2.75) is 30.3 Å². The first-order chi connectivity index (χ1) is 8.91. The molecule has 0 aliphatic heterocycles. The third-order valence-corrected chi connectivity index (χ3v) is 3.96. The predicted octanol–water partition coefficient (Wildman–Crippen LogP) is 1.05. The van der Waals surface area contributed by atoms with Crippen LogP contribution in [0.25, 0.3) is 0 Å². The Hall–Kier alpha value is -1.60. The molecule has 0 unspecified atom stereocenters. The van der Waals surface area contributed by atoms with Gasteiger partial charge in [-0.15, -0.1) is 0 Å². The topological polar surface area (TPSA) is 95.7 Å². The van der Waals surface area contributed by atoms with E-state index in [2.05, 4.69) is 0 Å². The zero-order valence-corrected chi connectivity index (χ0v) is 11.3. The average Bonchev–Trinajstić information content (AvgIpc) is 2.31. The fourth-order valence-electron chi connectivity index (χ4n) is 1.73. The lowest BCUT2D eigenvalue weighted by atomic mass is 9.96. The number of carbonyl (C=O) groups is 1. The smallest absolute Gasteiger partial charge is 0.338 e. The van der Waals surface area contributed by atoms with E-state index in [4.69, 9.17) is 14.6 Å². The Kier molecular flexibility index (Phi) is 3.77. The Balaban J connectivity index is 2.29. The number of benzene rings is 1. The molecule has 6 nitrogen and oxygen atoms in total. The molecule has 104 valence electrons. The van der Waals surface area contributed by atoms with Crippen LogP contribution in [0.5, 0.6) is 5.75 Å². The molecule has 1 aromatic carbocycles. The van der Waals surface area contributed by atoms with E-state index in [0.29, 0.717) is 0 Å². The van der Waals surface area contributed by atoms with Crippen molar-refractivity contribution in [2.75, 3.05) is 7.11 Å². The summed E-state index contributed by atoms with van der Waals surface area (Å²) in [6, 6.07) is 4.01. The molecule has 0 amide bonds. The van der Waals surface area contributed by atoms with E-state index in [0.717, 1.165) is 19.3 Å². The number of sulfonamides is 1. The van der Waals surface area contributed by atoms with Gasteiger partial charge in [-0.2, -0.15) is 0 Å². The maximum Gasteiger partial charge on any atom is 0.338 e. The van der Waals surface area contributed by atoms with Gasteiger partial charge in [0, 0.05) is 0 Å². The van der Waals surface area contributed by atoms with E-state index >= 15 is 0 Å². The van der Waals surface area contributed by atoms with Gasteiger partial charge in [0.15, 0.2) is 0 Å². The van der Waals surface area contributed by atoms with Gasteiger partial charge in [-0.3, -0.25) is 0 Å². The first kappa shape index (κ1) is 13.8. The van der Waals surface area contributed by atoms with Crippen molar-refractivity contribution in [1.29, 1.82) is 0 Å². The number of hydrogen-bond acceptors (Lipinski definition) is 5. The number of methoxy groups -OCH3 is 1.